The second kappa shape index (κ2) is 4.00. The lowest BCUT2D eigenvalue weighted by atomic mass is 10.1. The molecule has 2 rings (SSSR count). The normalized spacial score (nSPS) is 19.6. The van der Waals surface area contributed by atoms with Crippen molar-refractivity contribution in [3.05, 3.63) is 16.5 Å². The summed E-state index contributed by atoms with van der Waals surface area (Å²) < 4.78 is 0. The Hall–Kier alpha value is -1.78. The molecule has 1 aliphatic heterocycles. The van der Waals surface area contributed by atoms with E-state index >= 15 is 0 Å². The van der Waals surface area contributed by atoms with Crippen molar-refractivity contribution < 1.29 is 4.79 Å². The fourth-order valence-corrected chi connectivity index (χ4v) is 2.78. The zero-order chi connectivity index (χ0) is 11.7. The predicted molar refractivity (Wildman–Crippen MR) is 63.1 cm³/mol. The summed E-state index contributed by atoms with van der Waals surface area (Å²) in [5.74, 6) is 2.59. The first-order valence-corrected chi connectivity index (χ1v) is 5.74. The first-order valence-electron chi connectivity index (χ1n) is 4.92. The molecule has 1 aliphatic rings. The van der Waals surface area contributed by atoms with E-state index in [0.29, 0.717) is 18.5 Å². The monoisotopic (exact) mass is 230 g/mol. The number of anilines is 1. The number of aryl methyl sites for hydroxylation is 1. The highest BCUT2D eigenvalue weighted by Crippen LogP contribution is 2.34. The molecule has 4 heteroatoms. The van der Waals surface area contributed by atoms with E-state index < -0.39 is 0 Å². The van der Waals surface area contributed by atoms with Crippen LogP contribution in [0.15, 0.2) is 6.07 Å². The van der Waals surface area contributed by atoms with Crippen molar-refractivity contribution >= 4 is 22.2 Å². The molecule has 1 saturated heterocycles. The van der Waals surface area contributed by atoms with Crippen LogP contribution in [0.3, 0.4) is 0 Å². The zero-order valence-corrected chi connectivity index (χ0v) is 9.67. The van der Waals surface area contributed by atoms with E-state index in [4.69, 9.17) is 11.7 Å². The molecule has 1 fully saturated rings. The topological polar surface area (TPSA) is 44.1 Å². The number of carbonyl (C=O) groups excluding carboxylic acids is 1. The molecule has 1 aromatic heterocycles. The van der Waals surface area contributed by atoms with Gasteiger partial charge in [-0.3, -0.25) is 4.79 Å². The standard InChI is InChI=1S/C12H10N2OS/c1-3-9-5-11(15)14(7-9)12-10(6-13)4-8(2)16-12/h1,4,9H,5,7H2,2H3. The Morgan fingerprint density at radius 3 is 3.00 bits per heavy atom. The van der Waals surface area contributed by atoms with Gasteiger partial charge in [0.05, 0.1) is 5.56 Å². The van der Waals surface area contributed by atoms with Crippen molar-refractivity contribution in [1.29, 1.82) is 5.26 Å². The number of hydrogen-bond acceptors (Lipinski definition) is 3. The quantitative estimate of drug-likeness (QED) is 0.692. The summed E-state index contributed by atoms with van der Waals surface area (Å²) in [7, 11) is 0. The first kappa shape index (κ1) is 10.7. The van der Waals surface area contributed by atoms with Crippen molar-refractivity contribution in [1.82, 2.24) is 0 Å². The minimum Gasteiger partial charge on any atom is -0.301 e. The van der Waals surface area contributed by atoms with Crippen LogP contribution in [0.4, 0.5) is 5.00 Å². The highest BCUT2D eigenvalue weighted by molar-refractivity contribution is 7.16. The highest BCUT2D eigenvalue weighted by atomic mass is 32.1. The molecule has 0 radical (unpaired) electrons. The molecular formula is C12H10N2OS. The van der Waals surface area contributed by atoms with Crippen molar-refractivity contribution in [2.75, 3.05) is 11.4 Å². The fourth-order valence-electron chi connectivity index (χ4n) is 1.80. The van der Waals surface area contributed by atoms with E-state index in [1.54, 1.807) is 11.0 Å². The molecule has 2 heterocycles. The van der Waals surface area contributed by atoms with Gasteiger partial charge in [-0.15, -0.1) is 23.7 Å². The van der Waals surface area contributed by atoms with Crippen molar-refractivity contribution in [2.45, 2.75) is 13.3 Å². The molecule has 0 aromatic carbocycles. The summed E-state index contributed by atoms with van der Waals surface area (Å²) in [6, 6.07) is 3.91. The van der Waals surface area contributed by atoms with Gasteiger partial charge in [-0.05, 0) is 13.0 Å². The molecule has 1 amide bonds. The summed E-state index contributed by atoms with van der Waals surface area (Å²) >= 11 is 1.47. The highest BCUT2D eigenvalue weighted by Gasteiger charge is 2.31. The molecule has 80 valence electrons. The Balaban J connectivity index is 2.36. The van der Waals surface area contributed by atoms with Crippen LogP contribution >= 0.6 is 11.3 Å². The molecule has 1 aromatic rings. The lowest BCUT2D eigenvalue weighted by molar-refractivity contribution is -0.117. The molecule has 0 N–H and O–H groups in total. The zero-order valence-electron chi connectivity index (χ0n) is 8.86. The lowest BCUT2D eigenvalue weighted by Gasteiger charge is -2.13. The van der Waals surface area contributed by atoms with E-state index in [1.165, 1.54) is 11.3 Å². The minimum atomic E-state index is -0.0264. The number of nitriles is 1. The first-order chi connectivity index (χ1) is 7.65. The molecule has 0 bridgehead atoms. The van der Waals surface area contributed by atoms with Crippen molar-refractivity contribution in [3.8, 4) is 18.4 Å². The maximum absolute atomic E-state index is 11.7. The minimum absolute atomic E-state index is 0.0151. The SMILES string of the molecule is C#CC1CC(=O)N(c2sc(C)cc2C#N)C1. The van der Waals surface area contributed by atoms with Gasteiger partial charge in [-0.2, -0.15) is 5.26 Å². The maximum Gasteiger partial charge on any atom is 0.228 e. The van der Waals surface area contributed by atoms with Crippen LogP contribution in [-0.2, 0) is 4.79 Å². The van der Waals surface area contributed by atoms with E-state index in [9.17, 15) is 4.79 Å². The number of hydrogen-bond donors (Lipinski definition) is 0. The summed E-state index contributed by atoms with van der Waals surface area (Å²) in [5, 5.41) is 9.72. The number of nitrogens with zero attached hydrogens (tertiary/aromatic N) is 2. The van der Waals surface area contributed by atoms with E-state index in [2.05, 4.69) is 12.0 Å². The number of amides is 1. The van der Waals surface area contributed by atoms with Crippen LogP contribution in [0, 0.1) is 36.5 Å². The maximum atomic E-state index is 11.7. The number of carbonyl (C=O) groups is 1. The van der Waals surface area contributed by atoms with Gasteiger partial charge in [0.1, 0.15) is 11.1 Å². The molecule has 1 unspecified atom stereocenters. The Bertz CT molecular complexity index is 518. The summed E-state index contributed by atoms with van der Waals surface area (Å²) in [5.41, 5.74) is 0.563. The predicted octanol–water partition coefficient (Wildman–Crippen LogP) is 1.91. The Labute approximate surface area is 98.3 Å². The number of thiophene rings is 1. The smallest absolute Gasteiger partial charge is 0.228 e. The molecule has 3 nitrogen and oxygen atoms in total. The molecule has 1 atom stereocenters. The molecule has 0 saturated carbocycles. The Morgan fingerprint density at radius 2 is 2.44 bits per heavy atom. The molecule has 16 heavy (non-hydrogen) atoms. The number of rotatable bonds is 1. The fraction of sp³-hybridized carbons (Fsp3) is 0.333. The molecular weight excluding hydrogens is 220 g/mol. The van der Waals surface area contributed by atoms with Crippen LogP contribution in [0.2, 0.25) is 0 Å². The van der Waals surface area contributed by atoms with Crippen LogP contribution < -0.4 is 4.90 Å². The van der Waals surface area contributed by atoms with E-state index in [0.717, 1.165) is 9.88 Å². The Kier molecular flexibility index (Phi) is 2.68. The van der Waals surface area contributed by atoms with Gasteiger partial charge in [-0.1, -0.05) is 0 Å². The van der Waals surface area contributed by atoms with E-state index in [1.807, 2.05) is 6.92 Å². The largest absolute Gasteiger partial charge is 0.301 e. The van der Waals surface area contributed by atoms with Gasteiger partial charge in [0.2, 0.25) is 5.91 Å². The second-order valence-corrected chi connectivity index (χ2v) is 4.99. The van der Waals surface area contributed by atoms with Crippen molar-refractivity contribution in [2.24, 2.45) is 5.92 Å². The molecule has 0 spiro atoms. The van der Waals surface area contributed by atoms with Gasteiger partial charge >= 0.3 is 0 Å². The average molecular weight is 230 g/mol. The van der Waals surface area contributed by atoms with Crippen LogP contribution in [0.1, 0.15) is 16.9 Å². The lowest BCUT2D eigenvalue weighted by Crippen LogP contribution is -2.24. The third kappa shape index (κ3) is 1.68. The van der Waals surface area contributed by atoms with Crippen LogP contribution in [0.25, 0.3) is 0 Å². The number of terminal acetylenes is 1. The molecule has 0 aliphatic carbocycles. The summed E-state index contributed by atoms with van der Waals surface area (Å²) in [6.07, 6.45) is 5.71. The third-order valence-electron chi connectivity index (χ3n) is 2.56. The van der Waals surface area contributed by atoms with Crippen molar-refractivity contribution in [3.63, 3.8) is 0 Å². The van der Waals surface area contributed by atoms with E-state index in [-0.39, 0.29) is 11.8 Å². The Morgan fingerprint density at radius 1 is 1.69 bits per heavy atom. The van der Waals surface area contributed by atoms with Gasteiger partial charge in [0.25, 0.3) is 0 Å². The van der Waals surface area contributed by atoms with Crippen LogP contribution in [-0.4, -0.2) is 12.5 Å². The summed E-state index contributed by atoms with van der Waals surface area (Å²) in [4.78, 5) is 14.4. The van der Waals surface area contributed by atoms with Gasteiger partial charge in [-0.25, -0.2) is 0 Å². The third-order valence-corrected chi connectivity index (χ3v) is 3.64. The summed E-state index contributed by atoms with van der Waals surface area (Å²) in [6.45, 7) is 2.46. The van der Waals surface area contributed by atoms with Gasteiger partial charge in [0, 0.05) is 23.8 Å². The van der Waals surface area contributed by atoms with Crippen LogP contribution in [0.5, 0.6) is 0 Å². The van der Waals surface area contributed by atoms with Gasteiger partial charge in [0.15, 0.2) is 0 Å². The average Bonchev–Trinajstić information content (AvgIpc) is 2.81. The second-order valence-electron chi connectivity index (χ2n) is 3.76. The van der Waals surface area contributed by atoms with Gasteiger partial charge < -0.3 is 4.90 Å².